The third-order valence-electron chi connectivity index (χ3n) is 6.48. The van der Waals surface area contributed by atoms with Crippen LogP contribution in [0, 0.1) is 5.92 Å². The number of nitrogens with zero attached hydrogens (tertiary/aromatic N) is 4. The van der Waals surface area contributed by atoms with E-state index in [1.54, 1.807) is 42.5 Å². The smallest absolute Gasteiger partial charge is 0.422 e. The van der Waals surface area contributed by atoms with Gasteiger partial charge in [-0.15, -0.1) is 0 Å². The summed E-state index contributed by atoms with van der Waals surface area (Å²) in [5.41, 5.74) is -0.213. The van der Waals surface area contributed by atoms with Crippen molar-refractivity contribution in [3.8, 4) is 34.3 Å². The third kappa shape index (κ3) is 5.31. The highest BCUT2D eigenvalue weighted by atomic mass is 19.4. The molecule has 1 unspecified atom stereocenters. The van der Waals surface area contributed by atoms with E-state index in [2.05, 4.69) is 15.3 Å². The molecule has 0 radical (unpaired) electrons. The van der Waals surface area contributed by atoms with E-state index < -0.39 is 41.4 Å². The topological polar surface area (TPSA) is 126 Å². The van der Waals surface area contributed by atoms with Crippen LogP contribution in [0.5, 0.6) is 0 Å². The molecule has 5 rings (SSSR count). The van der Waals surface area contributed by atoms with E-state index in [0.29, 0.717) is 30.6 Å². The van der Waals surface area contributed by atoms with Gasteiger partial charge in [0.05, 0.1) is 12.0 Å². The van der Waals surface area contributed by atoms with E-state index in [4.69, 9.17) is 9.05 Å². The molecule has 1 fully saturated rings. The number of β-amino-alcohol motifs (C(OH)–C–C–N with tert-alkyl or cyclic N) is 1. The summed E-state index contributed by atoms with van der Waals surface area (Å²) in [6, 6.07) is 14.4. The lowest BCUT2D eigenvalue weighted by molar-refractivity contribution is -0.143. The largest absolute Gasteiger partial charge is 0.481 e. The second-order valence-electron chi connectivity index (χ2n) is 9.10. The maximum absolute atomic E-state index is 13.9. The van der Waals surface area contributed by atoms with E-state index in [1.807, 2.05) is 4.90 Å². The standard InChI is InChI=1S/C26H23F3N4O5/c27-26(28,29)20-21(16-5-2-1-3-6-16)31-37-22(20)24-30-23(32-38-24)17-10-8-15(9-11-17)19(34)14-33-12-4-7-18(13-33)25(35)36/h1-3,5-6,8-11,18-19,34H,4,7,12-14H2,(H,35,36)/t18?,19-/m1/s1. The highest BCUT2D eigenvalue weighted by Gasteiger charge is 2.43. The first-order valence-electron chi connectivity index (χ1n) is 11.9. The van der Waals surface area contributed by atoms with E-state index >= 15 is 0 Å². The summed E-state index contributed by atoms with van der Waals surface area (Å²) in [7, 11) is 0. The molecule has 9 nitrogen and oxygen atoms in total. The van der Waals surface area contributed by atoms with Crippen LogP contribution in [0.15, 0.2) is 63.6 Å². The quantitative estimate of drug-likeness (QED) is 0.344. The number of aliphatic hydroxyl groups is 1. The van der Waals surface area contributed by atoms with Crippen molar-refractivity contribution in [3.05, 3.63) is 65.7 Å². The molecule has 2 N–H and O–H groups in total. The molecule has 2 aromatic carbocycles. The fourth-order valence-electron chi connectivity index (χ4n) is 4.55. The van der Waals surface area contributed by atoms with Crippen LogP contribution in [0.4, 0.5) is 13.2 Å². The molecule has 0 saturated carbocycles. The van der Waals surface area contributed by atoms with Crippen molar-refractivity contribution >= 4 is 5.97 Å². The monoisotopic (exact) mass is 528 g/mol. The molecule has 12 heteroatoms. The first kappa shape index (κ1) is 25.6. The van der Waals surface area contributed by atoms with Gasteiger partial charge >= 0.3 is 12.1 Å². The van der Waals surface area contributed by atoms with Crippen molar-refractivity contribution in [3.63, 3.8) is 0 Å². The summed E-state index contributed by atoms with van der Waals surface area (Å²) in [5, 5.41) is 27.3. The van der Waals surface area contributed by atoms with Gasteiger partial charge in [0.1, 0.15) is 11.3 Å². The second kappa shape index (κ2) is 10.4. The molecule has 0 bridgehead atoms. The van der Waals surface area contributed by atoms with Crippen molar-refractivity contribution in [2.45, 2.75) is 25.1 Å². The Morgan fingerprint density at radius 3 is 2.47 bits per heavy atom. The Morgan fingerprint density at radius 2 is 1.79 bits per heavy atom. The lowest BCUT2D eigenvalue weighted by Crippen LogP contribution is -2.40. The van der Waals surface area contributed by atoms with E-state index in [9.17, 15) is 28.2 Å². The number of halogens is 3. The van der Waals surface area contributed by atoms with Crippen LogP contribution in [-0.2, 0) is 11.0 Å². The molecule has 198 valence electrons. The van der Waals surface area contributed by atoms with Crippen molar-refractivity contribution in [2.24, 2.45) is 5.92 Å². The highest BCUT2D eigenvalue weighted by molar-refractivity contribution is 5.71. The van der Waals surface area contributed by atoms with Gasteiger partial charge in [-0.2, -0.15) is 18.2 Å². The Bertz CT molecular complexity index is 1400. The van der Waals surface area contributed by atoms with E-state index in [0.717, 1.165) is 6.42 Å². The molecule has 0 spiro atoms. The number of carbonyl (C=O) groups is 1. The molecule has 4 aromatic rings. The molecule has 3 heterocycles. The molecule has 2 atom stereocenters. The van der Waals surface area contributed by atoms with Crippen molar-refractivity contribution < 1.29 is 37.2 Å². The fraction of sp³-hybridized carbons (Fsp3) is 0.308. The van der Waals surface area contributed by atoms with Gasteiger partial charge in [0.2, 0.25) is 11.6 Å². The molecular formula is C26H23F3N4O5. The van der Waals surface area contributed by atoms with Gasteiger partial charge in [-0.3, -0.25) is 9.69 Å². The maximum atomic E-state index is 13.9. The number of hydrogen-bond acceptors (Lipinski definition) is 8. The van der Waals surface area contributed by atoms with Crippen molar-refractivity contribution in [1.82, 2.24) is 20.2 Å². The third-order valence-corrected chi connectivity index (χ3v) is 6.48. The zero-order valence-corrected chi connectivity index (χ0v) is 19.9. The van der Waals surface area contributed by atoms with Gasteiger partial charge in [0, 0.05) is 24.2 Å². The molecule has 1 saturated heterocycles. The first-order valence-corrected chi connectivity index (χ1v) is 11.9. The molecule has 0 aliphatic carbocycles. The number of alkyl halides is 3. The molecule has 1 aliphatic rings. The van der Waals surface area contributed by atoms with Crippen LogP contribution in [0.2, 0.25) is 0 Å². The lowest BCUT2D eigenvalue weighted by Gasteiger charge is -2.32. The fourth-order valence-corrected chi connectivity index (χ4v) is 4.55. The number of aliphatic carboxylic acids is 1. The number of carboxylic acid groups (broad SMARTS) is 1. The Balaban J connectivity index is 1.34. The summed E-state index contributed by atoms with van der Waals surface area (Å²) >= 11 is 0. The average molecular weight is 528 g/mol. The Kier molecular flexibility index (Phi) is 7.00. The van der Waals surface area contributed by atoms with Gasteiger partial charge < -0.3 is 19.3 Å². The average Bonchev–Trinajstić information content (AvgIpc) is 3.57. The van der Waals surface area contributed by atoms with Crippen molar-refractivity contribution in [1.29, 1.82) is 0 Å². The Labute approximate surface area is 214 Å². The zero-order chi connectivity index (χ0) is 26.9. The van der Waals surface area contributed by atoms with Gasteiger partial charge in [-0.05, 0) is 24.9 Å². The number of rotatable bonds is 7. The Morgan fingerprint density at radius 1 is 1.05 bits per heavy atom. The van der Waals surface area contributed by atoms with Gasteiger partial charge in [0.15, 0.2) is 0 Å². The molecule has 2 aromatic heterocycles. The second-order valence-corrected chi connectivity index (χ2v) is 9.10. The van der Waals surface area contributed by atoms with Gasteiger partial charge in [-0.25, -0.2) is 0 Å². The number of likely N-dealkylation sites (tertiary alicyclic amines) is 1. The van der Waals surface area contributed by atoms with Gasteiger partial charge in [0.25, 0.3) is 5.89 Å². The van der Waals surface area contributed by atoms with Crippen LogP contribution in [0.1, 0.15) is 30.1 Å². The van der Waals surface area contributed by atoms with Crippen LogP contribution >= 0.6 is 0 Å². The maximum Gasteiger partial charge on any atom is 0.422 e. The SMILES string of the molecule is O=C(O)C1CCCN(C[C@@H](O)c2ccc(-c3noc(-c4onc(-c5ccccc5)c4C(F)(F)F)n3)cc2)C1. The summed E-state index contributed by atoms with van der Waals surface area (Å²) in [6.45, 7) is 1.37. The lowest BCUT2D eigenvalue weighted by atomic mass is 9.97. The molecular weight excluding hydrogens is 505 g/mol. The number of hydrogen-bond donors (Lipinski definition) is 2. The minimum absolute atomic E-state index is 0.0344. The molecule has 1 aliphatic heterocycles. The summed E-state index contributed by atoms with van der Waals surface area (Å²) in [6.07, 6.45) is -4.27. The van der Waals surface area contributed by atoms with Crippen LogP contribution in [0.3, 0.4) is 0 Å². The normalized spacial score (nSPS) is 17.4. The van der Waals surface area contributed by atoms with Crippen LogP contribution in [0.25, 0.3) is 34.3 Å². The number of aliphatic hydroxyl groups excluding tert-OH is 1. The zero-order valence-electron chi connectivity index (χ0n) is 19.9. The highest BCUT2D eigenvalue weighted by Crippen LogP contribution is 2.43. The minimum Gasteiger partial charge on any atom is -0.481 e. The molecule has 38 heavy (non-hydrogen) atoms. The van der Waals surface area contributed by atoms with Crippen LogP contribution < -0.4 is 0 Å². The molecule has 0 amide bonds. The predicted molar refractivity (Wildman–Crippen MR) is 127 cm³/mol. The first-order chi connectivity index (χ1) is 18.2. The number of carboxylic acids is 1. The summed E-state index contributed by atoms with van der Waals surface area (Å²) in [5.74, 6) is -2.39. The van der Waals surface area contributed by atoms with E-state index in [1.165, 1.54) is 12.1 Å². The van der Waals surface area contributed by atoms with E-state index in [-0.39, 0.29) is 23.6 Å². The van der Waals surface area contributed by atoms with Crippen molar-refractivity contribution in [2.75, 3.05) is 19.6 Å². The number of benzene rings is 2. The Hall–Kier alpha value is -4.03. The number of piperidine rings is 1. The van der Waals surface area contributed by atoms with Gasteiger partial charge in [-0.1, -0.05) is 64.9 Å². The van der Waals surface area contributed by atoms with Crippen LogP contribution in [-0.4, -0.2) is 56.0 Å². The summed E-state index contributed by atoms with van der Waals surface area (Å²) < 4.78 is 52.0. The predicted octanol–water partition coefficient (Wildman–Crippen LogP) is 4.91. The minimum atomic E-state index is -4.79. The summed E-state index contributed by atoms with van der Waals surface area (Å²) in [4.78, 5) is 17.3. The number of aromatic nitrogens is 3.